The Morgan fingerprint density at radius 1 is 0.966 bits per heavy atom. The molecule has 4 nitrogen and oxygen atoms in total. The lowest BCUT2D eigenvalue weighted by Gasteiger charge is -2.39. The number of hydrogen-bond donors (Lipinski definition) is 1. The Balaban J connectivity index is 1.32. The molecule has 1 heterocycles. The largest absolute Gasteiger partial charge is 0.488 e. The van der Waals surface area contributed by atoms with Gasteiger partial charge in [0, 0.05) is 30.3 Å². The maximum atomic E-state index is 13.4. The first-order chi connectivity index (χ1) is 14.0. The van der Waals surface area contributed by atoms with E-state index in [0.717, 1.165) is 22.1 Å². The van der Waals surface area contributed by atoms with E-state index in [1.807, 2.05) is 60.7 Å². The number of likely N-dealkylation sites (tertiary alicyclic amines) is 1. The second-order valence-corrected chi connectivity index (χ2v) is 7.88. The molecule has 1 aliphatic carbocycles. The number of hydrogen-bond acceptors (Lipinski definition) is 2. The van der Waals surface area contributed by atoms with Crippen LogP contribution in [-0.2, 0) is 6.61 Å². The van der Waals surface area contributed by atoms with Crippen molar-refractivity contribution < 1.29 is 18.3 Å². The molecule has 1 N–H and O–H groups in total. The van der Waals surface area contributed by atoms with Gasteiger partial charge in [-0.1, -0.05) is 54.6 Å². The third-order valence-electron chi connectivity index (χ3n) is 5.85. The van der Waals surface area contributed by atoms with Crippen molar-refractivity contribution in [3.63, 3.8) is 0 Å². The summed E-state index contributed by atoms with van der Waals surface area (Å²) in [5, 5.41) is 4.60. The average molecular weight is 394 g/mol. The minimum atomic E-state index is -2.62. The van der Waals surface area contributed by atoms with E-state index in [9.17, 15) is 13.6 Å². The number of amides is 2. The summed E-state index contributed by atoms with van der Waals surface area (Å²) in [6.07, 6.45) is -0.111. The summed E-state index contributed by atoms with van der Waals surface area (Å²) in [7, 11) is 0. The van der Waals surface area contributed by atoms with Crippen LogP contribution >= 0.6 is 0 Å². The van der Waals surface area contributed by atoms with Crippen molar-refractivity contribution in [3.8, 4) is 5.75 Å². The number of nitrogens with zero attached hydrogens (tertiary/aromatic N) is 1. The standard InChI is InChI=1S/C23H20F2N2O2/c24-23(25)13-22(23)14-27(15-22)21(28)26-19-10-11-20(18-9-5-4-8-17(18)19)29-12-16-6-2-1-3-7-16/h1-11H,12-15H2,(H,26,28). The first-order valence-electron chi connectivity index (χ1n) is 9.60. The zero-order valence-corrected chi connectivity index (χ0v) is 15.7. The van der Waals surface area contributed by atoms with Crippen molar-refractivity contribution in [3.05, 3.63) is 72.3 Å². The van der Waals surface area contributed by atoms with Crippen LogP contribution in [0.3, 0.4) is 0 Å². The van der Waals surface area contributed by atoms with E-state index in [-0.39, 0.29) is 25.5 Å². The van der Waals surface area contributed by atoms with E-state index >= 15 is 0 Å². The summed E-state index contributed by atoms with van der Waals surface area (Å²) >= 11 is 0. The molecule has 0 radical (unpaired) electrons. The van der Waals surface area contributed by atoms with Gasteiger partial charge in [-0.15, -0.1) is 0 Å². The first kappa shape index (κ1) is 17.9. The van der Waals surface area contributed by atoms with E-state index in [2.05, 4.69) is 5.32 Å². The second kappa shape index (κ2) is 6.44. The zero-order chi connectivity index (χ0) is 20.1. The van der Waals surface area contributed by atoms with Gasteiger partial charge in [0.1, 0.15) is 12.4 Å². The Hall–Kier alpha value is -3.15. The van der Waals surface area contributed by atoms with Gasteiger partial charge in [-0.05, 0) is 17.7 Å². The molecule has 0 aromatic heterocycles. The number of benzene rings is 3. The molecule has 29 heavy (non-hydrogen) atoms. The molecule has 6 heteroatoms. The highest BCUT2D eigenvalue weighted by molar-refractivity contribution is 6.04. The molecule has 5 rings (SSSR count). The number of halogens is 2. The summed E-state index contributed by atoms with van der Waals surface area (Å²) in [5.41, 5.74) is 0.736. The van der Waals surface area contributed by atoms with E-state index in [1.54, 1.807) is 6.07 Å². The molecule has 3 aromatic rings. The molecular weight excluding hydrogens is 374 g/mol. The number of alkyl halides is 2. The summed E-state index contributed by atoms with van der Waals surface area (Å²) in [6, 6.07) is 20.8. The predicted octanol–water partition coefficient (Wildman–Crippen LogP) is 5.29. The molecule has 1 spiro atoms. The first-order valence-corrected chi connectivity index (χ1v) is 9.60. The molecule has 2 fully saturated rings. The molecule has 2 amide bonds. The predicted molar refractivity (Wildman–Crippen MR) is 107 cm³/mol. The topological polar surface area (TPSA) is 41.6 Å². The van der Waals surface area contributed by atoms with E-state index in [4.69, 9.17) is 4.74 Å². The van der Waals surface area contributed by atoms with Crippen LogP contribution in [0.5, 0.6) is 5.75 Å². The van der Waals surface area contributed by atoms with Crippen molar-refractivity contribution in [2.24, 2.45) is 5.41 Å². The van der Waals surface area contributed by atoms with Crippen molar-refractivity contribution in [2.45, 2.75) is 19.0 Å². The maximum absolute atomic E-state index is 13.4. The highest BCUT2D eigenvalue weighted by atomic mass is 19.3. The molecule has 0 unspecified atom stereocenters. The van der Waals surface area contributed by atoms with Gasteiger partial charge in [-0.25, -0.2) is 13.6 Å². The minimum absolute atomic E-state index is 0.111. The van der Waals surface area contributed by atoms with Gasteiger partial charge in [-0.2, -0.15) is 0 Å². The van der Waals surface area contributed by atoms with Crippen LogP contribution in [-0.4, -0.2) is 29.9 Å². The third kappa shape index (κ3) is 3.09. The Morgan fingerprint density at radius 2 is 1.62 bits per heavy atom. The number of nitrogens with one attached hydrogen (secondary N) is 1. The van der Waals surface area contributed by atoms with Crippen molar-refractivity contribution in [2.75, 3.05) is 18.4 Å². The average Bonchev–Trinajstić information content (AvgIpc) is 3.29. The highest BCUT2D eigenvalue weighted by Crippen LogP contribution is 2.65. The fourth-order valence-corrected chi connectivity index (χ4v) is 3.99. The maximum Gasteiger partial charge on any atom is 0.321 e. The third-order valence-corrected chi connectivity index (χ3v) is 5.85. The summed E-state index contributed by atoms with van der Waals surface area (Å²) in [4.78, 5) is 13.9. The summed E-state index contributed by atoms with van der Waals surface area (Å²) in [6.45, 7) is 0.671. The Kier molecular flexibility index (Phi) is 3.98. The molecule has 0 atom stereocenters. The molecule has 1 aliphatic heterocycles. The van der Waals surface area contributed by atoms with Crippen molar-refractivity contribution in [1.29, 1.82) is 0 Å². The highest BCUT2D eigenvalue weighted by Gasteiger charge is 2.76. The number of carbonyl (C=O) groups excluding carboxylic acids is 1. The monoisotopic (exact) mass is 394 g/mol. The second-order valence-electron chi connectivity index (χ2n) is 7.88. The Morgan fingerprint density at radius 3 is 2.31 bits per heavy atom. The van der Waals surface area contributed by atoms with E-state index < -0.39 is 11.3 Å². The van der Waals surface area contributed by atoms with Gasteiger partial charge >= 0.3 is 6.03 Å². The van der Waals surface area contributed by atoms with Gasteiger partial charge in [0.15, 0.2) is 0 Å². The SMILES string of the molecule is O=C(Nc1ccc(OCc2ccccc2)c2ccccc12)N1CC2(C1)CC2(F)F. The smallest absolute Gasteiger partial charge is 0.321 e. The van der Waals surface area contributed by atoms with Gasteiger partial charge in [0.2, 0.25) is 0 Å². The lowest BCUT2D eigenvalue weighted by Crippen LogP contribution is -2.55. The van der Waals surface area contributed by atoms with E-state index in [1.165, 1.54) is 4.90 Å². The Bertz CT molecular complexity index is 1080. The normalized spacial score (nSPS) is 18.3. The quantitative estimate of drug-likeness (QED) is 0.653. The zero-order valence-electron chi connectivity index (χ0n) is 15.7. The van der Waals surface area contributed by atoms with Crippen LogP contribution in [0, 0.1) is 5.41 Å². The van der Waals surface area contributed by atoms with Crippen LogP contribution in [0.2, 0.25) is 0 Å². The molecule has 1 saturated carbocycles. The van der Waals surface area contributed by atoms with Crippen LogP contribution in [0.4, 0.5) is 19.3 Å². The number of rotatable bonds is 4. The van der Waals surface area contributed by atoms with Crippen LogP contribution in [0.15, 0.2) is 66.7 Å². The van der Waals surface area contributed by atoms with Crippen LogP contribution in [0.25, 0.3) is 10.8 Å². The van der Waals surface area contributed by atoms with Crippen LogP contribution < -0.4 is 10.1 Å². The number of carbonyl (C=O) groups is 1. The van der Waals surface area contributed by atoms with Gasteiger partial charge in [0.25, 0.3) is 5.92 Å². The molecule has 2 aliphatic rings. The fourth-order valence-electron chi connectivity index (χ4n) is 3.99. The number of urea groups is 1. The Labute approximate surface area is 167 Å². The molecule has 148 valence electrons. The van der Waals surface area contributed by atoms with E-state index in [0.29, 0.717) is 12.3 Å². The number of ether oxygens (including phenoxy) is 1. The summed E-state index contributed by atoms with van der Waals surface area (Å²) in [5.74, 6) is -1.89. The number of fused-ring (bicyclic) bond motifs is 1. The van der Waals surface area contributed by atoms with Gasteiger partial charge in [-0.3, -0.25) is 0 Å². The molecule has 1 saturated heterocycles. The fraction of sp³-hybridized carbons (Fsp3) is 0.261. The van der Waals surface area contributed by atoms with Gasteiger partial charge in [0.05, 0.1) is 11.1 Å². The van der Waals surface area contributed by atoms with Crippen molar-refractivity contribution in [1.82, 2.24) is 4.90 Å². The van der Waals surface area contributed by atoms with Gasteiger partial charge < -0.3 is 15.0 Å². The lowest BCUT2D eigenvalue weighted by atomic mass is 9.96. The lowest BCUT2D eigenvalue weighted by molar-refractivity contribution is -0.00257. The molecular formula is C23H20F2N2O2. The van der Waals surface area contributed by atoms with Crippen LogP contribution in [0.1, 0.15) is 12.0 Å². The minimum Gasteiger partial charge on any atom is -0.488 e. The molecule has 3 aromatic carbocycles. The number of anilines is 1. The molecule has 0 bridgehead atoms. The van der Waals surface area contributed by atoms with Crippen molar-refractivity contribution >= 4 is 22.5 Å². The summed E-state index contributed by atoms with van der Waals surface area (Å²) < 4.78 is 32.7.